The van der Waals surface area contributed by atoms with E-state index in [0.717, 1.165) is 33.5 Å². The van der Waals surface area contributed by atoms with Crippen molar-refractivity contribution in [1.82, 2.24) is 4.31 Å². The molecular weight excluding hydrogens is 432 g/mol. The van der Waals surface area contributed by atoms with Crippen molar-refractivity contribution in [3.63, 3.8) is 0 Å². The number of benzene rings is 2. The van der Waals surface area contributed by atoms with Crippen molar-refractivity contribution in [1.29, 1.82) is 0 Å². The fourth-order valence-electron chi connectivity index (χ4n) is 4.98. The summed E-state index contributed by atoms with van der Waals surface area (Å²) in [4.78, 5) is 13.6. The second kappa shape index (κ2) is 9.98. The molecule has 2 aromatic rings. The SMILES string of the molecule is Cc1cc(C)c(S(=O)(=O)N2CCC(C(=O)Nc3c(C(C)C)cccc3C(C)C)CC2)c(C)c1. The van der Waals surface area contributed by atoms with E-state index in [-0.39, 0.29) is 11.8 Å². The first-order chi connectivity index (χ1) is 15.4. The van der Waals surface area contributed by atoms with Crippen molar-refractivity contribution in [2.45, 2.75) is 78.0 Å². The maximum atomic E-state index is 13.4. The molecule has 2 aromatic carbocycles. The van der Waals surface area contributed by atoms with E-state index in [1.807, 2.05) is 32.9 Å². The fourth-order valence-corrected chi connectivity index (χ4v) is 6.86. The van der Waals surface area contributed by atoms with Gasteiger partial charge in [0, 0.05) is 24.7 Å². The lowest BCUT2D eigenvalue weighted by Crippen LogP contribution is -2.42. The van der Waals surface area contributed by atoms with E-state index in [1.54, 1.807) is 4.31 Å². The van der Waals surface area contributed by atoms with E-state index in [0.29, 0.717) is 42.7 Å². The zero-order valence-electron chi connectivity index (χ0n) is 21.0. The third kappa shape index (κ3) is 5.33. The first-order valence-corrected chi connectivity index (χ1v) is 13.4. The fraction of sp³-hybridized carbons (Fsp3) is 0.519. The molecule has 0 radical (unpaired) electrons. The average molecular weight is 471 g/mol. The molecule has 1 amide bonds. The van der Waals surface area contributed by atoms with E-state index >= 15 is 0 Å². The quantitative estimate of drug-likeness (QED) is 0.572. The molecule has 180 valence electrons. The standard InChI is InChI=1S/C27H38N2O3S/c1-17(2)23-9-8-10-24(18(3)4)25(23)28-27(30)22-11-13-29(14-12-22)33(31,32)26-20(6)15-19(5)16-21(26)7/h8-10,15-18,22H,11-14H2,1-7H3,(H,28,30). The molecule has 1 N–H and O–H groups in total. The van der Waals surface area contributed by atoms with Gasteiger partial charge in [-0.05, 0) is 67.7 Å². The summed E-state index contributed by atoms with van der Waals surface area (Å²) in [6.45, 7) is 14.9. The van der Waals surface area contributed by atoms with E-state index in [4.69, 9.17) is 0 Å². The summed E-state index contributed by atoms with van der Waals surface area (Å²) in [6, 6.07) is 10.0. The number of hydrogen-bond acceptors (Lipinski definition) is 3. The lowest BCUT2D eigenvalue weighted by molar-refractivity contribution is -0.120. The van der Waals surface area contributed by atoms with Crippen LogP contribution in [0.4, 0.5) is 5.69 Å². The third-order valence-corrected chi connectivity index (χ3v) is 8.85. The highest BCUT2D eigenvalue weighted by Gasteiger charge is 2.34. The van der Waals surface area contributed by atoms with Crippen molar-refractivity contribution in [3.05, 3.63) is 58.1 Å². The Labute approximate surface area is 199 Å². The van der Waals surface area contributed by atoms with Gasteiger partial charge in [0.15, 0.2) is 0 Å². The number of hydrogen-bond donors (Lipinski definition) is 1. The Balaban J connectivity index is 1.76. The Bertz CT molecular complexity index is 1080. The molecular formula is C27H38N2O3S. The van der Waals surface area contributed by atoms with Crippen molar-refractivity contribution in [2.75, 3.05) is 18.4 Å². The van der Waals surface area contributed by atoms with Crippen molar-refractivity contribution in [3.8, 4) is 0 Å². The number of nitrogens with zero attached hydrogens (tertiary/aromatic N) is 1. The highest BCUT2D eigenvalue weighted by molar-refractivity contribution is 7.89. The Morgan fingerprint density at radius 2 is 1.42 bits per heavy atom. The van der Waals surface area contributed by atoms with Gasteiger partial charge in [-0.25, -0.2) is 8.42 Å². The first kappa shape index (κ1) is 25.4. The second-order valence-corrected chi connectivity index (χ2v) is 11.9. The van der Waals surface area contributed by atoms with Gasteiger partial charge in [0.25, 0.3) is 0 Å². The third-order valence-electron chi connectivity index (χ3n) is 6.65. The summed E-state index contributed by atoms with van der Waals surface area (Å²) < 4.78 is 28.3. The van der Waals surface area contributed by atoms with Crippen LogP contribution < -0.4 is 5.32 Å². The maximum absolute atomic E-state index is 13.4. The number of carbonyl (C=O) groups is 1. The second-order valence-electron chi connectivity index (χ2n) is 10.0. The molecule has 1 aliphatic heterocycles. The molecule has 0 atom stereocenters. The molecule has 6 heteroatoms. The number of aryl methyl sites for hydroxylation is 3. The van der Waals surface area contributed by atoms with Crippen LogP contribution in [0, 0.1) is 26.7 Å². The molecule has 5 nitrogen and oxygen atoms in total. The van der Waals surface area contributed by atoms with Crippen LogP contribution in [0.2, 0.25) is 0 Å². The minimum atomic E-state index is -3.58. The summed E-state index contributed by atoms with van der Waals surface area (Å²) in [7, 11) is -3.58. The molecule has 0 aromatic heterocycles. The van der Waals surface area contributed by atoms with E-state index in [1.165, 1.54) is 0 Å². The van der Waals surface area contributed by atoms with Crippen LogP contribution in [-0.2, 0) is 14.8 Å². The van der Waals surface area contributed by atoms with Gasteiger partial charge in [-0.2, -0.15) is 4.31 Å². The van der Waals surface area contributed by atoms with Crippen LogP contribution in [0.3, 0.4) is 0 Å². The molecule has 0 saturated carbocycles. The maximum Gasteiger partial charge on any atom is 0.243 e. The minimum absolute atomic E-state index is 0.00950. The van der Waals surface area contributed by atoms with Gasteiger partial charge < -0.3 is 5.32 Å². The van der Waals surface area contributed by atoms with Gasteiger partial charge in [0.05, 0.1) is 4.90 Å². The number of nitrogens with one attached hydrogen (secondary N) is 1. The Morgan fingerprint density at radius 1 is 0.939 bits per heavy atom. The van der Waals surface area contributed by atoms with Crippen LogP contribution in [0.5, 0.6) is 0 Å². The summed E-state index contributed by atoms with van der Waals surface area (Å²) in [5, 5.41) is 3.21. The van der Waals surface area contributed by atoms with Crippen LogP contribution in [-0.4, -0.2) is 31.7 Å². The Hall–Kier alpha value is -2.18. The topological polar surface area (TPSA) is 66.5 Å². The summed E-state index contributed by atoms with van der Waals surface area (Å²) in [6.07, 6.45) is 1.05. The molecule has 3 rings (SSSR count). The van der Waals surface area contributed by atoms with E-state index in [9.17, 15) is 13.2 Å². The highest BCUT2D eigenvalue weighted by Crippen LogP contribution is 2.34. The predicted octanol–water partition coefficient (Wildman–Crippen LogP) is 5.90. The van der Waals surface area contributed by atoms with Gasteiger partial charge in [0.1, 0.15) is 0 Å². The summed E-state index contributed by atoms with van der Waals surface area (Å²) in [5.41, 5.74) is 5.81. The minimum Gasteiger partial charge on any atom is -0.325 e. The van der Waals surface area contributed by atoms with Gasteiger partial charge in [-0.3, -0.25) is 4.79 Å². The number of amides is 1. The van der Waals surface area contributed by atoms with E-state index in [2.05, 4.69) is 51.2 Å². The molecule has 1 heterocycles. The van der Waals surface area contributed by atoms with Gasteiger partial charge in [-0.15, -0.1) is 0 Å². The highest BCUT2D eigenvalue weighted by atomic mass is 32.2. The largest absolute Gasteiger partial charge is 0.325 e. The molecule has 0 spiro atoms. The number of anilines is 1. The normalized spacial score (nSPS) is 15.9. The van der Waals surface area contributed by atoms with E-state index < -0.39 is 10.0 Å². The Morgan fingerprint density at radius 3 is 1.88 bits per heavy atom. The van der Waals surface area contributed by atoms with Crippen LogP contribution >= 0.6 is 0 Å². The number of rotatable bonds is 6. The van der Waals surface area contributed by atoms with Crippen LogP contribution in [0.15, 0.2) is 35.2 Å². The predicted molar refractivity (Wildman–Crippen MR) is 135 cm³/mol. The molecule has 0 bridgehead atoms. The summed E-state index contributed by atoms with van der Waals surface area (Å²) in [5.74, 6) is 0.389. The average Bonchev–Trinajstić information content (AvgIpc) is 2.72. The van der Waals surface area contributed by atoms with Crippen molar-refractivity contribution < 1.29 is 13.2 Å². The molecule has 33 heavy (non-hydrogen) atoms. The lowest BCUT2D eigenvalue weighted by atomic mass is 9.91. The zero-order chi connectivity index (χ0) is 24.5. The smallest absolute Gasteiger partial charge is 0.243 e. The lowest BCUT2D eigenvalue weighted by Gasteiger charge is -2.32. The number of para-hydroxylation sites is 1. The Kier molecular flexibility index (Phi) is 7.69. The molecule has 0 unspecified atom stereocenters. The molecule has 1 aliphatic rings. The zero-order valence-corrected chi connectivity index (χ0v) is 21.8. The number of sulfonamides is 1. The van der Waals surface area contributed by atoms with Crippen molar-refractivity contribution >= 4 is 21.6 Å². The first-order valence-electron chi connectivity index (χ1n) is 11.9. The van der Waals surface area contributed by atoms with Gasteiger partial charge in [-0.1, -0.05) is 63.6 Å². The van der Waals surface area contributed by atoms with Gasteiger partial charge >= 0.3 is 0 Å². The number of piperidine rings is 1. The van der Waals surface area contributed by atoms with Crippen LogP contribution in [0.25, 0.3) is 0 Å². The van der Waals surface area contributed by atoms with Crippen LogP contribution in [0.1, 0.15) is 80.2 Å². The molecule has 1 fully saturated rings. The van der Waals surface area contributed by atoms with Crippen molar-refractivity contribution in [2.24, 2.45) is 5.92 Å². The molecule has 1 saturated heterocycles. The monoisotopic (exact) mass is 470 g/mol. The number of carbonyl (C=O) groups excluding carboxylic acids is 1. The molecule has 0 aliphatic carbocycles. The van der Waals surface area contributed by atoms with Gasteiger partial charge in [0.2, 0.25) is 15.9 Å². The summed E-state index contributed by atoms with van der Waals surface area (Å²) >= 11 is 0.